The quantitative estimate of drug-likeness (QED) is 0.647. The number of ether oxygens (including phenoxy) is 2. The molecule has 1 atom stereocenters. The molecule has 2 heterocycles. The van der Waals surface area contributed by atoms with Gasteiger partial charge in [0, 0.05) is 19.1 Å². The Morgan fingerprint density at radius 2 is 2.16 bits per heavy atom. The van der Waals surface area contributed by atoms with E-state index in [4.69, 9.17) is 9.47 Å². The van der Waals surface area contributed by atoms with Gasteiger partial charge in [0.05, 0.1) is 32.0 Å². The zero-order chi connectivity index (χ0) is 18.0. The van der Waals surface area contributed by atoms with E-state index in [2.05, 4.69) is 5.32 Å². The highest BCUT2D eigenvalue weighted by Gasteiger charge is 2.34. The minimum atomic E-state index is -0.776. The fourth-order valence-corrected chi connectivity index (χ4v) is 2.97. The fourth-order valence-electron chi connectivity index (χ4n) is 2.97. The summed E-state index contributed by atoms with van der Waals surface area (Å²) in [6.07, 6.45) is -1.11. The Hall–Kier alpha value is -2.23. The van der Waals surface area contributed by atoms with Crippen molar-refractivity contribution in [3.63, 3.8) is 0 Å². The molecule has 1 aromatic rings. The second-order valence-corrected chi connectivity index (χ2v) is 6.14. The third kappa shape index (κ3) is 3.73. The van der Waals surface area contributed by atoms with Crippen molar-refractivity contribution < 1.29 is 23.5 Å². The first-order valence-corrected chi connectivity index (χ1v) is 8.07. The van der Waals surface area contributed by atoms with Crippen molar-refractivity contribution in [1.82, 2.24) is 9.96 Å². The van der Waals surface area contributed by atoms with Crippen LogP contribution < -0.4 is 14.9 Å². The third-order valence-electron chi connectivity index (χ3n) is 4.33. The van der Waals surface area contributed by atoms with E-state index in [9.17, 15) is 19.2 Å². The molecule has 9 heteroatoms. The van der Waals surface area contributed by atoms with Gasteiger partial charge in [-0.3, -0.25) is 9.69 Å². The maximum Gasteiger partial charge on any atom is 0.414 e. The van der Waals surface area contributed by atoms with E-state index < -0.39 is 22.7 Å². The van der Waals surface area contributed by atoms with E-state index in [-0.39, 0.29) is 51.0 Å². The largest absolute Gasteiger partial charge is 0.627 e. The molecule has 2 amide bonds. The number of hydroxylamine groups is 2. The van der Waals surface area contributed by atoms with Crippen LogP contribution in [0.2, 0.25) is 0 Å². The van der Waals surface area contributed by atoms with Crippen molar-refractivity contribution in [3.05, 3.63) is 29.2 Å². The zero-order valence-electron chi connectivity index (χ0n) is 13.9. The van der Waals surface area contributed by atoms with Crippen LogP contribution in [-0.2, 0) is 14.3 Å². The number of quaternary nitrogens is 1. The molecule has 136 valence electrons. The molecular formula is C16H20FN3O5. The molecule has 2 saturated heterocycles. The Balaban J connectivity index is 1.74. The van der Waals surface area contributed by atoms with Crippen LogP contribution in [0.4, 0.5) is 20.6 Å². The second kappa shape index (κ2) is 6.95. The van der Waals surface area contributed by atoms with E-state index in [0.29, 0.717) is 5.69 Å². The van der Waals surface area contributed by atoms with Crippen LogP contribution in [0.5, 0.6) is 0 Å². The van der Waals surface area contributed by atoms with Gasteiger partial charge in [-0.2, -0.15) is 0 Å². The second-order valence-electron chi connectivity index (χ2n) is 6.14. The molecule has 0 saturated carbocycles. The van der Waals surface area contributed by atoms with Gasteiger partial charge >= 0.3 is 6.09 Å². The summed E-state index contributed by atoms with van der Waals surface area (Å²) in [5, 5.41) is 15.3. The minimum absolute atomic E-state index is 0.0365. The lowest BCUT2D eigenvalue weighted by molar-refractivity contribution is -0.119. The van der Waals surface area contributed by atoms with Crippen LogP contribution in [0.15, 0.2) is 18.2 Å². The van der Waals surface area contributed by atoms with Crippen LogP contribution in [0.25, 0.3) is 0 Å². The zero-order valence-corrected chi connectivity index (χ0v) is 13.9. The number of rotatable bonds is 4. The molecule has 2 fully saturated rings. The lowest BCUT2D eigenvalue weighted by Crippen LogP contribution is -2.52. The monoisotopic (exact) mass is 353 g/mol. The molecule has 0 bridgehead atoms. The molecule has 2 aliphatic rings. The summed E-state index contributed by atoms with van der Waals surface area (Å²) >= 11 is 0. The average Bonchev–Trinajstić information content (AvgIpc) is 2.94. The molecule has 0 aromatic heterocycles. The first-order valence-electron chi connectivity index (χ1n) is 8.07. The summed E-state index contributed by atoms with van der Waals surface area (Å²) in [7, 11) is 0. The number of hydrogen-bond acceptors (Lipinski definition) is 5. The van der Waals surface area contributed by atoms with Gasteiger partial charge < -0.3 is 24.6 Å². The van der Waals surface area contributed by atoms with Crippen LogP contribution in [-0.4, -0.2) is 57.5 Å². The number of carbonyl (C=O) groups is 2. The average molecular weight is 353 g/mol. The van der Waals surface area contributed by atoms with E-state index in [1.807, 2.05) is 0 Å². The van der Waals surface area contributed by atoms with E-state index >= 15 is 0 Å². The molecule has 0 aliphatic carbocycles. The maximum absolute atomic E-state index is 14.5. The SMILES string of the molecule is CC(=O)NCC1CN(c2ccc([N+]3([O-])CCOCC3)c(F)c2)C(=O)O1. The Labute approximate surface area is 144 Å². The summed E-state index contributed by atoms with van der Waals surface area (Å²) in [4.78, 5) is 24.2. The van der Waals surface area contributed by atoms with Gasteiger partial charge in [0.1, 0.15) is 19.2 Å². The van der Waals surface area contributed by atoms with Gasteiger partial charge in [-0.25, -0.2) is 9.18 Å². The van der Waals surface area contributed by atoms with Crippen LogP contribution in [0, 0.1) is 11.0 Å². The van der Waals surface area contributed by atoms with E-state index in [1.54, 1.807) is 0 Å². The normalized spacial score (nSPS) is 22.6. The number of carbonyl (C=O) groups excluding carboxylic acids is 2. The van der Waals surface area contributed by atoms with Crippen LogP contribution >= 0.6 is 0 Å². The molecule has 8 nitrogen and oxygen atoms in total. The minimum Gasteiger partial charge on any atom is -0.627 e. The number of hydrogen-bond donors (Lipinski definition) is 1. The molecule has 2 aliphatic heterocycles. The third-order valence-corrected chi connectivity index (χ3v) is 4.33. The highest BCUT2D eigenvalue weighted by molar-refractivity contribution is 5.90. The number of morpholine rings is 1. The number of nitrogens with zero attached hydrogens (tertiary/aromatic N) is 2. The maximum atomic E-state index is 14.5. The van der Waals surface area contributed by atoms with E-state index in [0.717, 1.165) is 0 Å². The van der Waals surface area contributed by atoms with Crippen molar-refractivity contribution in [2.24, 2.45) is 0 Å². The van der Waals surface area contributed by atoms with Gasteiger partial charge in [-0.1, -0.05) is 0 Å². The lowest BCUT2D eigenvalue weighted by Gasteiger charge is -2.44. The standard InChI is InChI=1S/C16H20FN3O5/c1-11(21)18-9-13-10-19(16(22)25-13)12-2-3-15(14(17)8-12)20(23)4-6-24-7-5-20/h2-3,8,13H,4-7,9-10H2,1H3,(H,18,21). The predicted octanol–water partition coefficient (Wildman–Crippen LogP) is 1.12. The van der Waals surface area contributed by atoms with Gasteiger partial charge in [-0.05, 0) is 6.07 Å². The fraction of sp³-hybridized carbons (Fsp3) is 0.500. The van der Waals surface area contributed by atoms with Crippen molar-refractivity contribution >= 4 is 23.4 Å². The van der Waals surface area contributed by atoms with Crippen LogP contribution in [0.1, 0.15) is 6.92 Å². The summed E-state index contributed by atoms with van der Waals surface area (Å²) in [5.41, 5.74) is 0.353. The highest BCUT2D eigenvalue weighted by atomic mass is 19.1. The molecule has 25 heavy (non-hydrogen) atoms. The van der Waals surface area contributed by atoms with Gasteiger partial charge in [0.15, 0.2) is 11.5 Å². The Morgan fingerprint density at radius 1 is 1.44 bits per heavy atom. The number of benzene rings is 1. The highest BCUT2D eigenvalue weighted by Crippen LogP contribution is 2.31. The molecular weight excluding hydrogens is 333 g/mol. The first kappa shape index (κ1) is 17.6. The van der Waals surface area contributed by atoms with Crippen molar-refractivity contribution in [2.45, 2.75) is 13.0 Å². The van der Waals surface area contributed by atoms with Crippen molar-refractivity contribution in [2.75, 3.05) is 44.3 Å². The number of nitrogens with one attached hydrogen (secondary N) is 1. The topological polar surface area (TPSA) is 90.9 Å². The summed E-state index contributed by atoms with van der Waals surface area (Å²) in [6, 6.07) is 4.12. The smallest absolute Gasteiger partial charge is 0.414 e. The first-order chi connectivity index (χ1) is 11.9. The van der Waals surface area contributed by atoms with Crippen molar-refractivity contribution in [3.8, 4) is 0 Å². The predicted molar refractivity (Wildman–Crippen MR) is 88.4 cm³/mol. The van der Waals surface area contributed by atoms with Gasteiger partial charge in [0.25, 0.3) is 0 Å². The lowest BCUT2D eigenvalue weighted by atomic mass is 10.2. The Bertz CT molecular complexity index is 678. The van der Waals surface area contributed by atoms with E-state index in [1.165, 1.54) is 30.0 Å². The van der Waals surface area contributed by atoms with Crippen molar-refractivity contribution in [1.29, 1.82) is 0 Å². The number of amides is 2. The van der Waals surface area contributed by atoms with Crippen LogP contribution in [0.3, 0.4) is 0 Å². The van der Waals surface area contributed by atoms with Gasteiger partial charge in [-0.15, -0.1) is 0 Å². The molecule has 1 unspecified atom stereocenters. The van der Waals surface area contributed by atoms with Gasteiger partial charge in [0.2, 0.25) is 5.91 Å². The summed E-state index contributed by atoms with van der Waals surface area (Å²) in [5.74, 6) is -0.882. The number of anilines is 1. The molecule has 0 spiro atoms. The molecule has 1 aromatic carbocycles. The Kier molecular flexibility index (Phi) is 4.89. The molecule has 1 N–H and O–H groups in total. The summed E-state index contributed by atoms with van der Waals surface area (Å²) < 4.78 is 24.1. The molecule has 3 rings (SSSR count). The molecule has 0 radical (unpaired) electrons. The summed E-state index contributed by atoms with van der Waals surface area (Å²) in [6.45, 7) is 2.64. The Morgan fingerprint density at radius 3 is 2.80 bits per heavy atom. The number of cyclic esters (lactones) is 1. The number of halogens is 1.